The summed E-state index contributed by atoms with van der Waals surface area (Å²) in [6, 6.07) is 0. The van der Waals surface area contributed by atoms with E-state index in [1.807, 2.05) is 21.1 Å². The molecule has 0 aliphatic heterocycles. The van der Waals surface area contributed by atoms with Gasteiger partial charge in [0.1, 0.15) is 19.8 Å². The van der Waals surface area contributed by atoms with Crippen molar-refractivity contribution in [3.8, 4) is 0 Å². The Morgan fingerprint density at radius 3 is 1.06 bits per heavy atom. The van der Waals surface area contributed by atoms with E-state index in [4.69, 9.17) is 18.5 Å². The van der Waals surface area contributed by atoms with E-state index in [1.165, 1.54) is 199 Å². The summed E-state index contributed by atoms with van der Waals surface area (Å²) in [5.74, 6) is -0.833. The van der Waals surface area contributed by atoms with Gasteiger partial charge in [0.2, 0.25) is 0 Å². The molecule has 0 rings (SSSR count). The Balaban J connectivity index is 3.99. The average Bonchev–Trinajstić information content (AvgIpc) is 3.42. The number of nitrogens with zero attached hydrogens (tertiary/aromatic N) is 1. The Hall–Kier alpha value is -2.55. The number of carbonyl (C=O) groups excluding carboxylic acids is 2. The summed E-state index contributed by atoms with van der Waals surface area (Å²) >= 11 is 0. The van der Waals surface area contributed by atoms with Gasteiger partial charge in [-0.15, -0.1) is 0 Å². The molecule has 0 aromatic carbocycles. The molecule has 0 aliphatic carbocycles. The molecule has 0 amide bonds. The topological polar surface area (TPSA) is 111 Å². The molecule has 10 heteroatoms. The smallest absolute Gasteiger partial charge is 0.306 e. The Bertz CT molecular complexity index is 1580. The number of phosphoric acid groups is 1. The standard InChI is InChI=1S/C70H128NO8P/c1-6-8-10-12-14-16-18-20-22-24-26-28-29-30-31-32-33-34-35-36-37-38-39-40-41-43-44-46-48-50-52-54-56-58-60-62-69(72)76-66-68(67-78-80(74,75)77-65-64-71(3,4)5)79-70(73)63-61-59-57-55-53-51-49-47-45-42-27-25-23-21-19-17-15-13-11-9-7-2/h9,11,15,17-18,20-21,23-24,26-27,42,68H,6-8,10,12-14,16,19,22,25,28-41,43-67H2,1-5H3/b11-9-,17-15-,20-18-,23-21-,26-24-,42-27-. The summed E-state index contributed by atoms with van der Waals surface area (Å²) in [4.78, 5) is 38.0. The molecule has 0 heterocycles. The number of likely N-dealkylation sites (N-methyl/N-ethyl adjacent to an activating group) is 1. The number of allylic oxidation sites excluding steroid dienone is 12. The minimum atomic E-state index is -4.64. The van der Waals surface area contributed by atoms with Crippen molar-refractivity contribution in [3.05, 3.63) is 72.9 Å². The average molecular weight is 1140 g/mol. The van der Waals surface area contributed by atoms with E-state index in [-0.39, 0.29) is 32.0 Å². The van der Waals surface area contributed by atoms with Crippen molar-refractivity contribution in [2.24, 2.45) is 0 Å². The molecule has 0 aromatic rings. The molecule has 0 radical (unpaired) electrons. The van der Waals surface area contributed by atoms with Gasteiger partial charge in [-0.1, -0.05) is 286 Å². The lowest BCUT2D eigenvalue weighted by molar-refractivity contribution is -0.870. The number of ether oxygens (including phenoxy) is 2. The molecular weight excluding hydrogens is 1010 g/mol. The predicted octanol–water partition coefficient (Wildman–Crippen LogP) is 21.0. The van der Waals surface area contributed by atoms with Gasteiger partial charge in [-0.25, -0.2) is 0 Å². The van der Waals surface area contributed by atoms with Crippen molar-refractivity contribution in [2.45, 2.75) is 315 Å². The number of hydrogen-bond acceptors (Lipinski definition) is 8. The summed E-state index contributed by atoms with van der Waals surface area (Å²) in [5, 5.41) is 0. The first kappa shape index (κ1) is 77.5. The minimum Gasteiger partial charge on any atom is -0.756 e. The lowest BCUT2D eigenvalue weighted by Crippen LogP contribution is -2.37. The molecule has 2 unspecified atom stereocenters. The molecule has 466 valence electrons. The maximum atomic E-state index is 12.8. The van der Waals surface area contributed by atoms with Gasteiger partial charge in [-0.05, 0) is 83.5 Å². The van der Waals surface area contributed by atoms with Crippen molar-refractivity contribution < 1.29 is 42.1 Å². The fraction of sp³-hybridized carbons (Fsp3) is 0.800. The van der Waals surface area contributed by atoms with Crippen LogP contribution in [0.3, 0.4) is 0 Å². The Morgan fingerprint density at radius 2 is 0.713 bits per heavy atom. The first-order valence-electron chi connectivity index (χ1n) is 33.6. The molecule has 0 aliphatic rings. The highest BCUT2D eigenvalue weighted by Crippen LogP contribution is 2.38. The SMILES string of the molecule is CC/C=C\C/C=C\C/C=C\C/C=C\CCCCCCCCCCC(=O)OC(COC(=O)CCCCCCCCCCCCCCCCCCCCCCCCC/C=C\C/C=C\CCCCCCC)COP(=O)([O-])OCC[N+](C)(C)C. The highest BCUT2D eigenvalue weighted by Gasteiger charge is 2.22. The van der Waals surface area contributed by atoms with E-state index >= 15 is 0 Å². The van der Waals surface area contributed by atoms with Crippen LogP contribution in [0, 0.1) is 0 Å². The molecule has 0 N–H and O–H groups in total. The summed E-state index contributed by atoms with van der Waals surface area (Å²) in [6.07, 6.45) is 81.3. The van der Waals surface area contributed by atoms with Crippen LogP contribution in [0.15, 0.2) is 72.9 Å². The van der Waals surface area contributed by atoms with Gasteiger partial charge in [-0.3, -0.25) is 14.2 Å². The van der Waals surface area contributed by atoms with Crippen LogP contribution in [0.5, 0.6) is 0 Å². The van der Waals surface area contributed by atoms with E-state index < -0.39 is 26.5 Å². The third-order valence-electron chi connectivity index (χ3n) is 14.7. The predicted molar refractivity (Wildman–Crippen MR) is 342 cm³/mol. The molecule has 0 saturated heterocycles. The third kappa shape index (κ3) is 64.6. The molecule has 0 aromatic heterocycles. The number of unbranched alkanes of at least 4 members (excludes halogenated alkanes) is 36. The second-order valence-corrected chi connectivity index (χ2v) is 25.2. The number of phosphoric ester groups is 1. The van der Waals surface area contributed by atoms with E-state index in [1.54, 1.807) is 0 Å². The zero-order valence-electron chi connectivity index (χ0n) is 53.0. The molecule has 0 fully saturated rings. The van der Waals surface area contributed by atoms with Crippen LogP contribution in [0.4, 0.5) is 0 Å². The summed E-state index contributed by atoms with van der Waals surface area (Å²) < 4.78 is 34.3. The van der Waals surface area contributed by atoms with Crippen LogP contribution in [-0.2, 0) is 32.7 Å². The van der Waals surface area contributed by atoms with Crippen LogP contribution in [0.1, 0.15) is 309 Å². The lowest BCUT2D eigenvalue weighted by Gasteiger charge is -2.28. The van der Waals surface area contributed by atoms with E-state index in [0.717, 1.165) is 77.0 Å². The molecule has 0 saturated carbocycles. The Morgan fingerprint density at radius 1 is 0.400 bits per heavy atom. The largest absolute Gasteiger partial charge is 0.756 e. The van der Waals surface area contributed by atoms with Crippen LogP contribution < -0.4 is 4.89 Å². The van der Waals surface area contributed by atoms with Crippen LogP contribution >= 0.6 is 7.82 Å². The lowest BCUT2D eigenvalue weighted by atomic mass is 10.0. The first-order chi connectivity index (χ1) is 39.0. The van der Waals surface area contributed by atoms with Crippen molar-refractivity contribution in [1.82, 2.24) is 0 Å². The molecule has 0 bridgehead atoms. The van der Waals surface area contributed by atoms with Gasteiger partial charge in [0.05, 0.1) is 27.7 Å². The molecule has 80 heavy (non-hydrogen) atoms. The quantitative estimate of drug-likeness (QED) is 0.0195. The maximum Gasteiger partial charge on any atom is 0.306 e. The van der Waals surface area contributed by atoms with Gasteiger partial charge < -0.3 is 27.9 Å². The number of hydrogen-bond donors (Lipinski definition) is 0. The fourth-order valence-electron chi connectivity index (χ4n) is 9.56. The van der Waals surface area contributed by atoms with Gasteiger partial charge in [0.15, 0.2) is 6.10 Å². The minimum absolute atomic E-state index is 0.0337. The highest BCUT2D eigenvalue weighted by atomic mass is 31.2. The van der Waals surface area contributed by atoms with Crippen molar-refractivity contribution in [3.63, 3.8) is 0 Å². The summed E-state index contributed by atoms with van der Waals surface area (Å²) in [5.41, 5.74) is 0. The van der Waals surface area contributed by atoms with Crippen molar-refractivity contribution in [2.75, 3.05) is 47.5 Å². The van der Waals surface area contributed by atoms with Gasteiger partial charge in [-0.2, -0.15) is 0 Å². The number of esters is 2. The molecule has 2 atom stereocenters. The van der Waals surface area contributed by atoms with Crippen molar-refractivity contribution >= 4 is 19.8 Å². The fourth-order valence-corrected chi connectivity index (χ4v) is 10.3. The zero-order chi connectivity index (χ0) is 58.4. The van der Waals surface area contributed by atoms with Gasteiger partial charge >= 0.3 is 11.9 Å². The third-order valence-corrected chi connectivity index (χ3v) is 15.7. The summed E-state index contributed by atoms with van der Waals surface area (Å²) in [7, 11) is 1.16. The van der Waals surface area contributed by atoms with Crippen LogP contribution in [0.2, 0.25) is 0 Å². The van der Waals surface area contributed by atoms with E-state index in [9.17, 15) is 19.0 Å². The molecule has 9 nitrogen and oxygen atoms in total. The van der Waals surface area contributed by atoms with Crippen LogP contribution in [0.25, 0.3) is 0 Å². The molecule has 0 spiro atoms. The van der Waals surface area contributed by atoms with Gasteiger partial charge in [0, 0.05) is 12.8 Å². The summed E-state index contributed by atoms with van der Waals surface area (Å²) in [6.45, 7) is 4.14. The van der Waals surface area contributed by atoms with E-state index in [2.05, 4.69) is 86.8 Å². The monoisotopic (exact) mass is 1140 g/mol. The van der Waals surface area contributed by atoms with E-state index in [0.29, 0.717) is 17.4 Å². The zero-order valence-corrected chi connectivity index (χ0v) is 53.9. The maximum absolute atomic E-state index is 12.8. The molecular formula is C70H128NO8P. The number of rotatable bonds is 62. The first-order valence-corrected chi connectivity index (χ1v) is 35.1. The van der Waals surface area contributed by atoms with Crippen LogP contribution in [-0.4, -0.2) is 70.0 Å². The second kappa shape index (κ2) is 61.0. The highest BCUT2D eigenvalue weighted by molar-refractivity contribution is 7.45. The van der Waals surface area contributed by atoms with Gasteiger partial charge in [0.25, 0.3) is 7.82 Å². The Kier molecular flexibility index (Phi) is 59.1. The number of quaternary nitrogens is 1. The Labute approximate surface area is 495 Å². The second-order valence-electron chi connectivity index (χ2n) is 23.8. The number of carbonyl (C=O) groups is 2. The van der Waals surface area contributed by atoms with Crippen molar-refractivity contribution in [1.29, 1.82) is 0 Å². The normalized spacial score (nSPS) is 13.6.